The van der Waals surface area contributed by atoms with Crippen molar-refractivity contribution in [3.8, 4) is 11.4 Å². The summed E-state index contributed by atoms with van der Waals surface area (Å²) in [7, 11) is 0. The van der Waals surface area contributed by atoms with E-state index in [2.05, 4.69) is 15.5 Å². The number of nitrogens with two attached hydrogens (primary N) is 1. The van der Waals surface area contributed by atoms with Crippen molar-refractivity contribution in [1.82, 2.24) is 10.1 Å². The molecule has 1 aliphatic carbocycles. The fraction of sp³-hybridized carbons (Fsp3) is 0.471. The first-order valence-corrected chi connectivity index (χ1v) is 8.08. The molecule has 6 nitrogen and oxygen atoms in total. The minimum Gasteiger partial charge on any atom is -0.342 e. The minimum atomic E-state index is -0.0209. The van der Waals surface area contributed by atoms with Gasteiger partial charge in [-0.25, -0.2) is 0 Å². The maximum Gasteiger partial charge on any atom is 0.224 e. The lowest BCUT2D eigenvalue weighted by atomic mass is 9.71. The lowest BCUT2D eigenvalue weighted by Gasteiger charge is -2.35. The number of nitrogens with zero attached hydrogens (tertiary/aromatic N) is 2. The molecule has 0 saturated heterocycles. The zero-order valence-corrected chi connectivity index (χ0v) is 14.3. The van der Waals surface area contributed by atoms with Gasteiger partial charge in [0.25, 0.3) is 0 Å². The van der Waals surface area contributed by atoms with Gasteiger partial charge in [-0.05, 0) is 49.1 Å². The van der Waals surface area contributed by atoms with Crippen molar-refractivity contribution in [3.63, 3.8) is 0 Å². The summed E-state index contributed by atoms with van der Waals surface area (Å²) in [5.41, 5.74) is 7.55. The van der Waals surface area contributed by atoms with E-state index in [0.29, 0.717) is 18.8 Å². The molecular formula is C17H23ClN4O2. The van der Waals surface area contributed by atoms with E-state index < -0.39 is 0 Å². The van der Waals surface area contributed by atoms with Gasteiger partial charge < -0.3 is 15.6 Å². The van der Waals surface area contributed by atoms with E-state index >= 15 is 0 Å². The third-order valence-corrected chi connectivity index (χ3v) is 4.67. The van der Waals surface area contributed by atoms with Crippen molar-refractivity contribution >= 4 is 24.0 Å². The van der Waals surface area contributed by atoms with E-state index in [4.69, 9.17) is 10.3 Å². The SMILES string of the molecule is Cl.NCC1(CC(=O)Nc2ccc(-c3ncon3)cc2)CCCCC1. The molecule has 24 heavy (non-hydrogen) atoms. The number of aromatic nitrogens is 2. The Balaban J connectivity index is 0.00000208. The first-order valence-electron chi connectivity index (χ1n) is 8.08. The number of nitrogens with one attached hydrogen (secondary N) is 1. The Kier molecular flexibility index (Phi) is 6.34. The van der Waals surface area contributed by atoms with Crippen molar-refractivity contribution < 1.29 is 9.32 Å². The van der Waals surface area contributed by atoms with Crippen LogP contribution in [0.15, 0.2) is 35.2 Å². The molecular weight excluding hydrogens is 328 g/mol. The highest BCUT2D eigenvalue weighted by molar-refractivity contribution is 5.91. The topological polar surface area (TPSA) is 94.0 Å². The molecule has 0 atom stereocenters. The van der Waals surface area contributed by atoms with E-state index in [9.17, 15) is 4.79 Å². The standard InChI is InChI=1S/C17H22N4O2.ClH/c18-11-17(8-2-1-3-9-17)10-15(22)20-14-6-4-13(5-7-14)16-19-12-23-21-16;/h4-7,12H,1-3,8-11,18H2,(H,20,22);1H. The maximum absolute atomic E-state index is 12.4. The number of hydrogen-bond acceptors (Lipinski definition) is 5. The summed E-state index contributed by atoms with van der Waals surface area (Å²) in [6.45, 7) is 0.581. The molecule has 0 spiro atoms. The van der Waals surface area contributed by atoms with Gasteiger partial charge in [0.1, 0.15) is 0 Å². The highest BCUT2D eigenvalue weighted by Crippen LogP contribution is 2.38. The number of halogens is 1. The molecule has 130 valence electrons. The number of hydrogen-bond donors (Lipinski definition) is 2. The monoisotopic (exact) mass is 350 g/mol. The van der Waals surface area contributed by atoms with Crippen molar-refractivity contribution in [2.45, 2.75) is 38.5 Å². The summed E-state index contributed by atoms with van der Waals surface area (Å²) >= 11 is 0. The van der Waals surface area contributed by atoms with Gasteiger partial charge in [0.2, 0.25) is 18.1 Å². The molecule has 0 aliphatic heterocycles. The Morgan fingerprint density at radius 3 is 2.50 bits per heavy atom. The van der Waals surface area contributed by atoms with Gasteiger partial charge in [-0.15, -0.1) is 12.4 Å². The van der Waals surface area contributed by atoms with Crippen LogP contribution >= 0.6 is 12.4 Å². The molecule has 1 aliphatic rings. The zero-order chi connectivity index (χ0) is 16.1. The van der Waals surface area contributed by atoms with Crippen LogP contribution in [0, 0.1) is 5.41 Å². The lowest BCUT2D eigenvalue weighted by molar-refractivity contribution is -0.118. The summed E-state index contributed by atoms with van der Waals surface area (Å²) in [5, 5.41) is 6.75. The lowest BCUT2D eigenvalue weighted by Crippen LogP contribution is -2.36. The third-order valence-electron chi connectivity index (χ3n) is 4.67. The number of benzene rings is 1. The van der Waals surface area contributed by atoms with Crippen LogP contribution in [0.2, 0.25) is 0 Å². The summed E-state index contributed by atoms with van der Waals surface area (Å²) in [5.74, 6) is 0.567. The predicted octanol–water partition coefficient (Wildman–Crippen LogP) is 3.40. The fourth-order valence-electron chi connectivity index (χ4n) is 3.30. The highest BCUT2D eigenvalue weighted by Gasteiger charge is 2.32. The van der Waals surface area contributed by atoms with E-state index in [-0.39, 0.29) is 23.7 Å². The van der Waals surface area contributed by atoms with Gasteiger partial charge in [-0.1, -0.05) is 24.4 Å². The third kappa shape index (κ3) is 4.33. The van der Waals surface area contributed by atoms with Gasteiger partial charge >= 0.3 is 0 Å². The molecule has 1 aromatic carbocycles. The first-order chi connectivity index (χ1) is 11.2. The number of amides is 1. The molecule has 0 unspecified atom stereocenters. The van der Waals surface area contributed by atoms with Crippen LogP contribution < -0.4 is 11.1 Å². The normalized spacial score (nSPS) is 16.2. The molecule has 7 heteroatoms. The molecule has 1 amide bonds. The molecule has 1 heterocycles. The molecule has 2 aromatic rings. The maximum atomic E-state index is 12.4. The van der Waals surface area contributed by atoms with E-state index in [0.717, 1.165) is 24.1 Å². The van der Waals surface area contributed by atoms with Crippen LogP contribution in [0.4, 0.5) is 5.69 Å². The first kappa shape index (κ1) is 18.4. The average Bonchev–Trinajstić information content (AvgIpc) is 3.11. The molecule has 3 rings (SSSR count). The second-order valence-electron chi connectivity index (χ2n) is 6.32. The second kappa shape index (κ2) is 8.26. The number of carbonyl (C=O) groups excluding carboxylic acids is 1. The number of carbonyl (C=O) groups is 1. The van der Waals surface area contributed by atoms with Crippen LogP contribution in [0.5, 0.6) is 0 Å². The smallest absolute Gasteiger partial charge is 0.224 e. The Morgan fingerprint density at radius 2 is 1.92 bits per heavy atom. The molecule has 1 saturated carbocycles. The molecule has 1 fully saturated rings. The number of anilines is 1. The molecule has 0 radical (unpaired) electrons. The van der Waals surface area contributed by atoms with Crippen LogP contribution in [0.25, 0.3) is 11.4 Å². The van der Waals surface area contributed by atoms with Crippen LogP contribution in [-0.4, -0.2) is 22.6 Å². The van der Waals surface area contributed by atoms with Crippen molar-refractivity contribution in [1.29, 1.82) is 0 Å². The predicted molar refractivity (Wildman–Crippen MR) is 94.8 cm³/mol. The van der Waals surface area contributed by atoms with E-state index in [1.807, 2.05) is 24.3 Å². The van der Waals surface area contributed by atoms with Gasteiger partial charge in [0.05, 0.1) is 0 Å². The van der Waals surface area contributed by atoms with Gasteiger partial charge in [-0.2, -0.15) is 4.98 Å². The van der Waals surface area contributed by atoms with E-state index in [1.54, 1.807) is 0 Å². The second-order valence-corrected chi connectivity index (χ2v) is 6.32. The van der Waals surface area contributed by atoms with Gasteiger partial charge in [-0.3, -0.25) is 4.79 Å². The van der Waals surface area contributed by atoms with Crippen molar-refractivity contribution in [3.05, 3.63) is 30.7 Å². The van der Waals surface area contributed by atoms with E-state index in [1.165, 1.54) is 25.7 Å². The average molecular weight is 351 g/mol. The van der Waals surface area contributed by atoms with Crippen molar-refractivity contribution in [2.24, 2.45) is 11.1 Å². The summed E-state index contributed by atoms with van der Waals surface area (Å²) < 4.78 is 4.73. The van der Waals surface area contributed by atoms with Crippen LogP contribution in [0.1, 0.15) is 38.5 Å². The quantitative estimate of drug-likeness (QED) is 0.861. The minimum absolute atomic E-state index is 0. The highest BCUT2D eigenvalue weighted by atomic mass is 35.5. The summed E-state index contributed by atoms with van der Waals surface area (Å²) in [4.78, 5) is 16.3. The molecule has 1 aromatic heterocycles. The largest absolute Gasteiger partial charge is 0.342 e. The Labute approximate surface area is 147 Å². The van der Waals surface area contributed by atoms with Crippen LogP contribution in [0.3, 0.4) is 0 Å². The number of rotatable bonds is 5. The molecule has 3 N–H and O–H groups in total. The Morgan fingerprint density at radius 1 is 1.21 bits per heavy atom. The van der Waals surface area contributed by atoms with Crippen LogP contribution in [-0.2, 0) is 4.79 Å². The summed E-state index contributed by atoms with van der Waals surface area (Å²) in [6.07, 6.45) is 7.48. The van der Waals surface area contributed by atoms with Crippen molar-refractivity contribution in [2.75, 3.05) is 11.9 Å². The molecule has 0 bridgehead atoms. The Hall–Kier alpha value is -1.92. The van der Waals surface area contributed by atoms with Gasteiger partial charge in [0.15, 0.2) is 0 Å². The Bertz CT molecular complexity index is 637. The fourth-order valence-corrected chi connectivity index (χ4v) is 3.30. The zero-order valence-electron chi connectivity index (χ0n) is 13.5. The van der Waals surface area contributed by atoms with Gasteiger partial charge in [0, 0.05) is 17.7 Å². The summed E-state index contributed by atoms with van der Waals surface area (Å²) in [6, 6.07) is 7.42.